The zero-order chi connectivity index (χ0) is 18.6. The average molecular weight is 377 g/mol. The van der Waals surface area contributed by atoms with Gasteiger partial charge in [0.2, 0.25) is 0 Å². The Hall–Kier alpha value is -3.31. The molecule has 0 unspecified atom stereocenters. The molecule has 0 aliphatic heterocycles. The Morgan fingerprint density at radius 3 is 2.67 bits per heavy atom. The van der Waals surface area contributed by atoms with E-state index in [1.807, 2.05) is 72.9 Å². The number of carbonyl (C=O) groups excluding carboxylic acids is 1. The van der Waals surface area contributed by atoms with Crippen molar-refractivity contribution in [1.82, 2.24) is 9.78 Å². The lowest BCUT2D eigenvalue weighted by Gasteiger charge is -2.09. The first kappa shape index (κ1) is 17.1. The van der Waals surface area contributed by atoms with Crippen molar-refractivity contribution in [3.8, 4) is 0 Å². The number of halogens is 1. The fourth-order valence-electron chi connectivity index (χ4n) is 2.94. The molecule has 0 saturated heterocycles. The van der Waals surface area contributed by atoms with Gasteiger partial charge < -0.3 is 5.32 Å². The summed E-state index contributed by atoms with van der Waals surface area (Å²) in [5.41, 5.74) is 1.79. The van der Waals surface area contributed by atoms with Gasteiger partial charge >= 0.3 is 6.03 Å². The summed E-state index contributed by atoms with van der Waals surface area (Å²) in [7, 11) is 0. The van der Waals surface area contributed by atoms with Crippen LogP contribution in [0.2, 0.25) is 5.02 Å². The van der Waals surface area contributed by atoms with Crippen molar-refractivity contribution in [2.45, 2.75) is 6.54 Å². The van der Waals surface area contributed by atoms with Gasteiger partial charge in [0.25, 0.3) is 0 Å². The highest BCUT2D eigenvalue weighted by atomic mass is 35.5. The fourth-order valence-corrected chi connectivity index (χ4v) is 3.16. The summed E-state index contributed by atoms with van der Waals surface area (Å²) < 4.78 is 1.75. The second kappa shape index (κ2) is 7.51. The number of hydrogen-bond donors (Lipinski definition) is 2. The SMILES string of the molecule is O=C(Nc1ccn(Cc2cccc(Cl)c2)n1)Nc1cccc2ccccc12. The molecule has 0 aliphatic rings. The van der Waals surface area contributed by atoms with Crippen LogP contribution in [0.4, 0.5) is 16.3 Å². The molecule has 27 heavy (non-hydrogen) atoms. The summed E-state index contributed by atoms with van der Waals surface area (Å²) >= 11 is 6.01. The number of nitrogens with zero attached hydrogens (tertiary/aromatic N) is 2. The van der Waals surface area contributed by atoms with Gasteiger partial charge in [-0.25, -0.2) is 4.79 Å². The second-order valence-electron chi connectivity index (χ2n) is 6.13. The number of benzene rings is 3. The lowest BCUT2D eigenvalue weighted by atomic mass is 10.1. The minimum absolute atomic E-state index is 0.334. The molecular weight excluding hydrogens is 360 g/mol. The van der Waals surface area contributed by atoms with Gasteiger partial charge in [-0.2, -0.15) is 5.10 Å². The Morgan fingerprint density at radius 2 is 1.78 bits per heavy atom. The van der Waals surface area contributed by atoms with Gasteiger partial charge in [0.1, 0.15) is 0 Å². The van der Waals surface area contributed by atoms with Crippen molar-refractivity contribution >= 4 is 39.9 Å². The van der Waals surface area contributed by atoms with Gasteiger partial charge in [-0.3, -0.25) is 10.00 Å². The molecule has 2 N–H and O–H groups in total. The molecule has 134 valence electrons. The van der Waals surface area contributed by atoms with Crippen LogP contribution in [0.25, 0.3) is 10.8 Å². The van der Waals surface area contributed by atoms with E-state index < -0.39 is 0 Å². The zero-order valence-corrected chi connectivity index (χ0v) is 15.1. The third-order valence-electron chi connectivity index (χ3n) is 4.15. The predicted molar refractivity (Wildman–Crippen MR) is 109 cm³/mol. The van der Waals surface area contributed by atoms with Gasteiger partial charge in [-0.15, -0.1) is 0 Å². The number of urea groups is 1. The van der Waals surface area contributed by atoms with Crippen molar-refractivity contribution in [1.29, 1.82) is 0 Å². The van der Waals surface area contributed by atoms with Gasteiger partial charge in [0, 0.05) is 22.7 Å². The minimum Gasteiger partial charge on any atom is -0.307 e. The van der Waals surface area contributed by atoms with Gasteiger partial charge in [0.05, 0.1) is 12.2 Å². The van der Waals surface area contributed by atoms with Crippen LogP contribution in [0.3, 0.4) is 0 Å². The van der Waals surface area contributed by atoms with Gasteiger partial charge in [-0.05, 0) is 29.1 Å². The zero-order valence-electron chi connectivity index (χ0n) is 14.4. The Balaban J connectivity index is 1.43. The van der Waals surface area contributed by atoms with E-state index in [-0.39, 0.29) is 6.03 Å². The number of hydrogen-bond acceptors (Lipinski definition) is 2. The molecule has 2 amide bonds. The summed E-state index contributed by atoms with van der Waals surface area (Å²) in [5, 5.41) is 12.8. The average Bonchev–Trinajstić information content (AvgIpc) is 3.08. The standard InChI is InChI=1S/C21H17ClN4O/c22-17-8-3-5-15(13-17)14-26-12-11-20(25-26)24-21(27)23-19-10-4-7-16-6-1-2-9-18(16)19/h1-13H,14H2,(H2,23,24,25,27). The molecule has 0 saturated carbocycles. The van der Waals surface area contributed by atoms with E-state index in [2.05, 4.69) is 15.7 Å². The molecule has 3 aromatic carbocycles. The second-order valence-corrected chi connectivity index (χ2v) is 6.57. The molecule has 0 radical (unpaired) electrons. The van der Waals surface area contributed by atoms with E-state index >= 15 is 0 Å². The maximum Gasteiger partial charge on any atom is 0.324 e. The predicted octanol–water partition coefficient (Wildman–Crippen LogP) is 5.38. The molecule has 1 aromatic heterocycles. The highest BCUT2D eigenvalue weighted by molar-refractivity contribution is 6.30. The van der Waals surface area contributed by atoms with E-state index in [4.69, 9.17) is 11.6 Å². The van der Waals surface area contributed by atoms with Crippen molar-refractivity contribution in [3.63, 3.8) is 0 Å². The van der Waals surface area contributed by atoms with Crippen LogP contribution in [-0.2, 0) is 6.54 Å². The molecule has 0 fully saturated rings. The van der Waals surface area contributed by atoms with Crippen molar-refractivity contribution < 1.29 is 4.79 Å². The van der Waals surface area contributed by atoms with Crippen LogP contribution in [-0.4, -0.2) is 15.8 Å². The Labute approximate surface area is 161 Å². The van der Waals surface area contributed by atoms with E-state index in [1.165, 1.54) is 0 Å². The highest BCUT2D eigenvalue weighted by Crippen LogP contribution is 2.23. The maximum absolute atomic E-state index is 12.3. The highest BCUT2D eigenvalue weighted by Gasteiger charge is 2.08. The summed E-state index contributed by atoms with van der Waals surface area (Å²) in [5.74, 6) is 0.481. The molecular formula is C21H17ClN4O. The van der Waals surface area contributed by atoms with Crippen molar-refractivity contribution in [3.05, 3.63) is 89.6 Å². The number of carbonyl (C=O) groups is 1. The molecule has 1 heterocycles. The molecule has 4 rings (SSSR count). The minimum atomic E-state index is -0.334. The first-order chi connectivity index (χ1) is 13.2. The maximum atomic E-state index is 12.3. The third kappa shape index (κ3) is 4.10. The largest absolute Gasteiger partial charge is 0.324 e. The van der Waals surface area contributed by atoms with Crippen LogP contribution < -0.4 is 10.6 Å². The summed E-state index contributed by atoms with van der Waals surface area (Å²) in [6, 6.07) is 22.7. The summed E-state index contributed by atoms with van der Waals surface area (Å²) in [4.78, 5) is 12.3. The number of nitrogens with one attached hydrogen (secondary N) is 2. The number of amides is 2. The lowest BCUT2D eigenvalue weighted by molar-refractivity contribution is 0.262. The molecule has 0 atom stereocenters. The van der Waals surface area contributed by atoms with Gasteiger partial charge in [-0.1, -0.05) is 60.1 Å². The van der Waals surface area contributed by atoms with Crippen LogP contribution in [0.5, 0.6) is 0 Å². The van der Waals surface area contributed by atoms with Crippen LogP contribution in [0.15, 0.2) is 79.0 Å². The first-order valence-electron chi connectivity index (χ1n) is 8.51. The molecule has 5 nitrogen and oxygen atoms in total. The summed E-state index contributed by atoms with van der Waals surface area (Å²) in [6.07, 6.45) is 1.81. The van der Waals surface area contributed by atoms with Gasteiger partial charge in [0.15, 0.2) is 5.82 Å². The van der Waals surface area contributed by atoms with E-state index in [0.717, 1.165) is 22.0 Å². The smallest absolute Gasteiger partial charge is 0.307 e. The normalized spacial score (nSPS) is 10.7. The molecule has 6 heteroatoms. The molecule has 0 spiro atoms. The first-order valence-corrected chi connectivity index (χ1v) is 8.89. The molecule has 0 bridgehead atoms. The van der Waals surface area contributed by atoms with Crippen LogP contribution in [0.1, 0.15) is 5.56 Å². The number of rotatable bonds is 4. The molecule has 0 aliphatic carbocycles. The van der Waals surface area contributed by atoms with E-state index in [9.17, 15) is 4.79 Å². The van der Waals surface area contributed by atoms with E-state index in [0.29, 0.717) is 17.4 Å². The number of aromatic nitrogens is 2. The topological polar surface area (TPSA) is 59.0 Å². The number of anilines is 2. The number of fused-ring (bicyclic) bond motifs is 1. The quantitative estimate of drug-likeness (QED) is 0.502. The monoisotopic (exact) mass is 376 g/mol. The fraction of sp³-hybridized carbons (Fsp3) is 0.0476. The Kier molecular flexibility index (Phi) is 4.77. The third-order valence-corrected chi connectivity index (χ3v) is 4.39. The Bertz CT molecular complexity index is 1100. The van der Waals surface area contributed by atoms with Crippen LogP contribution >= 0.6 is 11.6 Å². The Morgan fingerprint density at radius 1 is 0.963 bits per heavy atom. The molecule has 4 aromatic rings. The van der Waals surface area contributed by atoms with Crippen LogP contribution in [0, 0.1) is 0 Å². The van der Waals surface area contributed by atoms with Crippen molar-refractivity contribution in [2.75, 3.05) is 10.6 Å². The van der Waals surface area contributed by atoms with Crippen molar-refractivity contribution in [2.24, 2.45) is 0 Å². The summed E-state index contributed by atoms with van der Waals surface area (Å²) in [6.45, 7) is 0.577. The van der Waals surface area contributed by atoms with E-state index in [1.54, 1.807) is 10.7 Å². The lowest BCUT2D eigenvalue weighted by Crippen LogP contribution is -2.20.